The molecule has 1 aliphatic rings. The molecule has 4 rings (SSSR count). The quantitative estimate of drug-likeness (QED) is 0.725. The second-order valence-electron chi connectivity index (χ2n) is 6.20. The van der Waals surface area contributed by atoms with Gasteiger partial charge in [0.15, 0.2) is 0 Å². The van der Waals surface area contributed by atoms with Gasteiger partial charge in [-0.25, -0.2) is 9.37 Å². The van der Waals surface area contributed by atoms with E-state index in [9.17, 15) is 9.65 Å². The van der Waals surface area contributed by atoms with Gasteiger partial charge in [0.05, 0.1) is 16.6 Å². The highest BCUT2D eigenvalue weighted by Gasteiger charge is 2.12. The lowest BCUT2D eigenvalue weighted by atomic mass is 10.1. The number of aromatic amines is 1. The summed E-state index contributed by atoms with van der Waals surface area (Å²) in [6.07, 6.45) is 4.28. The van der Waals surface area contributed by atoms with Gasteiger partial charge in [0, 0.05) is 18.8 Å². The van der Waals surface area contributed by atoms with Crippen molar-refractivity contribution >= 4 is 28.4 Å². The van der Waals surface area contributed by atoms with Crippen LogP contribution in [0.1, 0.15) is 24.2 Å². The van der Waals surface area contributed by atoms with Crippen LogP contribution in [-0.4, -0.2) is 23.1 Å². The monoisotopic (exact) mass is 332 g/mol. The van der Waals surface area contributed by atoms with E-state index < -0.39 is 0 Å². The maximum atomic E-state index is 13.3. The molecule has 1 aromatic heterocycles. The van der Waals surface area contributed by atoms with Gasteiger partial charge in [0.1, 0.15) is 17.7 Å². The average molecular weight is 332 g/mol. The van der Waals surface area contributed by atoms with Crippen LogP contribution in [0.3, 0.4) is 0 Å². The van der Waals surface area contributed by atoms with Crippen LogP contribution in [-0.2, 0) is 0 Å². The lowest BCUT2D eigenvalue weighted by molar-refractivity contribution is 0.629. The smallest absolute Gasteiger partial charge is 0.149 e. The molecule has 0 saturated carbocycles. The number of rotatable bonds is 3. The van der Waals surface area contributed by atoms with Gasteiger partial charge in [0.25, 0.3) is 0 Å². The Kier molecular flexibility index (Phi) is 3.95. The maximum Gasteiger partial charge on any atom is 0.149 e. The predicted molar refractivity (Wildman–Crippen MR) is 97.4 cm³/mol. The molecule has 0 unspecified atom stereocenters. The zero-order valence-corrected chi connectivity index (χ0v) is 13.7. The molecule has 4 nitrogen and oxygen atoms in total. The van der Waals surface area contributed by atoms with E-state index in [-0.39, 0.29) is 5.82 Å². The Morgan fingerprint density at radius 2 is 1.92 bits per heavy atom. The summed E-state index contributed by atoms with van der Waals surface area (Å²) < 4.78 is 13.3. The summed E-state index contributed by atoms with van der Waals surface area (Å²) in [5, 5.41) is 9.49. The van der Waals surface area contributed by atoms with Gasteiger partial charge in [-0.3, -0.25) is 0 Å². The number of anilines is 1. The summed E-state index contributed by atoms with van der Waals surface area (Å²) in [5.74, 6) is 0.120. The summed E-state index contributed by atoms with van der Waals surface area (Å²) in [6.45, 7) is 2.21. The molecule has 1 aliphatic heterocycles. The topological polar surface area (TPSA) is 55.7 Å². The number of allylic oxidation sites excluding steroid dienone is 1. The van der Waals surface area contributed by atoms with Crippen LogP contribution >= 0.6 is 0 Å². The first-order chi connectivity index (χ1) is 12.2. The average Bonchev–Trinajstić information content (AvgIpc) is 3.29. The molecule has 25 heavy (non-hydrogen) atoms. The molecule has 1 N–H and O–H groups in total. The normalized spacial score (nSPS) is 14.9. The van der Waals surface area contributed by atoms with Crippen molar-refractivity contribution in [3.8, 4) is 6.07 Å². The van der Waals surface area contributed by atoms with Gasteiger partial charge >= 0.3 is 0 Å². The molecule has 0 spiro atoms. The third-order valence-electron chi connectivity index (χ3n) is 4.49. The third kappa shape index (κ3) is 3.11. The van der Waals surface area contributed by atoms with Gasteiger partial charge in [-0.05, 0) is 54.8 Å². The van der Waals surface area contributed by atoms with E-state index >= 15 is 0 Å². The number of benzene rings is 2. The summed E-state index contributed by atoms with van der Waals surface area (Å²) in [6, 6.07) is 14.7. The summed E-state index contributed by atoms with van der Waals surface area (Å²) in [4.78, 5) is 9.76. The van der Waals surface area contributed by atoms with Crippen molar-refractivity contribution in [2.45, 2.75) is 12.8 Å². The lowest BCUT2D eigenvalue weighted by Gasteiger charge is -2.17. The molecule has 0 aliphatic carbocycles. The van der Waals surface area contributed by atoms with Crippen molar-refractivity contribution < 1.29 is 4.39 Å². The Morgan fingerprint density at radius 3 is 2.64 bits per heavy atom. The van der Waals surface area contributed by atoms with Gasteiger partial charge in [0.2, 0.25) is 0 Å². The first-order valence-electron chi connectivity index (χ1n) is 8.35. The van der Waals surface area contributed by atoms with Crippen LogP contribution in [0.15, 0.2) is 42.5 Å². The van der Waals surface area contributed by atoms with Crippen LogP contribution in [0.25, 0.3) is 22.7 Å². The molecule has 2 heterocycles. The highest BCUT2D eigenvalue weighted by atomic mass is 19.1. The molecular weight excluding hydrogens is 315 g/mol. The van der Waals surface area contributed by atoms with Gasteiger partial charge in [-0.1, -0.05) is 12.1 Å². The highest BCUT2D eigenvalue weighted by Crippen LogP contribution is 2.23. The molecule has 0 bridgehead atoms. The maximum absolute atomic E-state index is 13.3. The first-order valence-corrected chi connectivity index (χ1v) is 8.35. The number of aromatic nitrogens is 2. The van der Waals surface area contributed by atoms with Gasteiger partial charge in [-0.2, -0.15) is 5.26 Å². The van der Waals surface area contributed by atoms with Crippen molar-refractivity contribution in [3.05, 3.63) is 59.7 Å². The molecule has 5 heteroatoms. The van der Waals surface area contributed by atoms with Crippen molar-refractivity contribution in [1.82, 2.24) is 9.97 Å². The number of nitrogens with zero attached hydrogens (tertiary/aromatic N) is 3. The largest absolute Gasteiger partial charge is 0.372 e. The van der Waals surface area contributed by atoms with Gasteiger partial charge in [-0.15, -0.1) is 0 Å². The molecule has 1 saturated heterocycles. The van der Waals surface area contributed by atoms with Crippen LogP contribution < -0.4 is 4.90 Å². The van der Waals surface area contributed by atoms with Crippen LogP contribution in [0.4, 0.5) is 10.1 Å². The number of nitrogens with one attached hydrogen (secondary N) is 1. The Balaban J connectivity index is 1.64. The molecule has 2 aromatic carbocycles. The van der Waals surface area contributed by atoms with Crippen molar-refractivity contribution in [1.29, 1.82) is 5.26 Å². The van der Waals surface area contributed by atoms with E-state index in [0.717, 1.165) is 18.7 Å². The number of H-pyrrole nitrogens is 1. The van der Waals surface area contributed by atoms with E-state index in [2.05, 4.69) is 33.1 Å². The Labute approximate surface area is 145 Å². The number of nitriles is 1. The third-order valence-corrected chi connectivity index (χ3v) is 4.49. The summed E-state index contributed by atoms with van der Waals surface area (Å²) >= 11 is 0. The molecule has 0 atom stereocenters. The standard InChI is InChI=1S/C20H17FN4/c21-16-5-8-18-19(12-16)24-20(23-18)15(13-22)11-14-3-6-17(7-4-14)25-9-1-2-10-25/h3-8,11-12H,1-2,9-10H2,(H,23,24)/b15-11-. The second kappa shape index (κ2) is 6.40. The van der Waals surface area contributed by atoms with E-state index in [0.29, 0.717) is 22.4 Å². The predicted octanol–water partition coefficient (Wildman–Crippen LogP) is 4.37. The van der Waals surface area contributed by atoms with Crippen LogP contribution in [0.5, 0.6) is 0 Å². The molecular formula is C20H17FN4. The first kappa shape index (κ1) is 15.4. The Bertz CT molecular complexity index is 973. The van der Waals surface area contributed by atoms with Crippen molar-refractivity contribution in [3.63, 3.8) is 0 Å². The summed E-state index contributed by atoms with van der Waals surface area (Å²) in [5.41, 5.74) is 3.80. The van der Waals surface area contributed by atoms with E-state index in [1.54, 1.807) is 12.1 Å². The van der Waals surface area contributed by atoms with Crippen molar-refractivity contribution in [2.75, 3.05) is 18.0 Å². The fourth-order valence-electron chi connectivity index (χ4n) is 3.19. The molecule has 1 fully saturated rings. The SMILES string of the molecule is N#C/C(=C/c1ccc(N2CCCC2)cc1)c1nc2ccc(F)cc2[nH]1. The molecule has 0 radical (unpaired) electrons. The summed E-state index contributed by atoms with van der Waals surface area (Å²) in [7, 11) is 0. The number of fused-ring (bicyclic) bond motifs is 1. The minimum absolute atomic E-state index is 0.331. The van der Waals surface area contributed by atoms with Crippen molar-refractivity contribution in [2.24, 2.45) is 0 Å². The molecule has 124 valence electrons. The van der Waals surface area contributed by atoms with E-state index in [1.165, 1.54) is 30.7 Å². The fraction of sp³-hybridized carbons (Fsp3) is 0.200. The number of hydrogen-bond donors (Lipinski definition) is 1. The highest BCUT2D eigenvalue weighted by molar-refractivity contribution is 5.90. The van der Waals surface area contributed by atoms with E-state index in [1.807, 2.05) is 12.1 Å². The Morgan fingerprint density at radius 1 is 1.16 bits per heavy atom. The lowest BCUT2D eigenvalue weighted by Crippen LogP contribution is -2.17. The number of imidazole rings is 1. The van der Waals surface area contributed by atoms with Gasteiger partial charge < -0.3 is 9.88 Å². The van der Waals surface area contributed by atoms with E-state index in [4.69, 9.17) is 0 Å². The zero-order chi connectivity index (χ0) is 17.2. The number of hydrogen-bond acceptors (Lipinski definition) is 3. The fourth-order valence-corrected chi connectivity index (χ4v) is 3.19. The molecule has 0 amide bonds. The minimum atomic E-state index is -0.331. The Hall–Kier alpha value is -3.13. The van der Waals surface area contributed by atoms with Crippen LogP contribution in [0, 0.1) is 17.1 Å². The molecule has 3 aromatic rings. The minimum Gasteiger partial charge on any atom is -0.372 e. The van der Waals surface area contributed by atoms with Crippen LogP contribution in [0.2, 0.25) is 0 Å². The number of halogens is 1. The zero-order valence-electron chi connectivity index (χ0n) is 13.7. The second-order valence-corrected chi connectivity index (χ2v) is 6.20.